The molecule has 22 heavy (non-hydrogen) atoms. The summed E-state index contributed by atoms with van der Waals surface area (Å²) in [6.45, 7) is 10.8. The first-order valence-corrected chi connectivity index (χ1v) is 7.59. The normalized spacial score (nSPS) is 20.5. The number of nitrogens with one attached hydrogen (secondary N) is 1. The maximum absolute atomic E-state index is 6.12. The van der Waals surface area contributed by atoms with Gasteiger partial charge in [0, 0.05) is 12.7 Å². The molecule has 3 N–H and O–H groups in total. The zero-order valence-corrected chi connectivity index (χ0v) is 14.4. The molecule has 2 heterocycles. The topological polar surface area (TPSA) is 69.4 Å². The van der Waals surface area contributed by atoms with Crippen LogP contribution in [0.1, 0.15) is 39.0 Å². The van der Waals surface area contributed by atoms with Crippen LogP contribution in [-0.2, 0) is 9.31 Å². The minimum atomic E-state index is -0.375. The second-order valence-electron chi connectivity index (χ2n) is 6.78. The van der Waals surface area contributed by atoms with Gasteiger partial charge in [-0.15, -0.1) is 0 Å². The number of nitrogens with zero attached hydrogens (tertiary/aromatic N) is 1. The molecule has 0 unspecified atom stereocenters. The third-order valence-corrected chi connectivity index (χ3v) is 4.44. The van der Waals surface area contributed by atoms with Crippen molar-refractivity contribution >= 4 is 18.9 Å². The summed E-state index contributed by atoms with van der Waals surface area (Å²) in [4.78, 5) is 4.30. The molecular weight excluding hydrogens is 277 g/mol. The third kappa shape index (κ3) is 3.34. The maximum atomic E-state index is 6.12. The van der Waals surface area contributed by atoms with Crippen LogP contribution in [0.15, 0.2) is 17.7 Å². The number of pyridine rings is 1. The van der Waals surface area contributed by atoms with Gasteiger partial charge in [-0.2, -0.15) is 0 Å². The molecule has 0 bridgehead atoms. The van der Waals surface area contributed by atoms with Gasteiger partial charge in [-0.3, -0.25) is 4.98 Å². The van der Waals surface area contributed by atoms with E-state index in [4.69, 9.17) is 15.0 Å². The van der Waals surface area contributed by atoms with E-state index in [9.17, 15) is 0 Å². The Balaban J connectivity index is 2.31. The molecule has 0 radical (unpaired) electrons. The Labute approximate surface area is 133 Å². The van der Waals surface area contributed by atoms with Crippen LogP contribution in [0.4, 0.5) is 5.69 Å². The van der Waals surface area contributed by atoms with Crippen LogP contribution >= 0.6 is 0 Å². The molecule has 0 amide bonds. The van der Waals surface area contributed by atoms with Gasteiger partial charge in [-0.25, -0.2) is 0 Å². The Kier molecular flexibility index (Phi) is 4.66. The smallest absolute Gasteiger partial charge is 0.400 e. The molecule has 5 nitrogen and oxygen atoms in total. The lowest BCUT2D eigenvalue weighted by molar-refractivity contribution is 0.00578. The molecule has 0 spiro atoms. The quantitative estimate of drug-likeness (QED) is 0.835. The average Bonchev–Trinajstić information content (AvgIpc) is 2.62. The summed E-state index contributed by atoms with van der Waals surface area (Å²) >= 11 is 0. The first-order valence-electron chi connectivity index (χ1n) is 7.59. The Morgan fingerprint density at radius 3 is 2.41 bits per heavy atom. The number of hydrogen-bond donors (Lipinski definition) is 2. The lowest BCUT2D eigenvalue weighted by atomic mass is 9.77. The van der Waals surface area contributed by atoms with Gasteiger partial charge in [0.25, 0.3) is 0 Å². The van der Waals surface area contributed by atoms with E-state index in [-0.39, 0.29) is 18.3 Å². The van der Waals surface area contributed by atoms with E-state index in [0.717, 1.165) is 16.7 Å². The average molecular weight is 303 g/mol. The fourth-order valence-electron chi connectivity index (χ4n) is 2.26. The molecule has 2 rings (SSSR count). The molecule has 0 atom stereocenters. The molecule has 120 valence electrons. The molecule has 1 aromatic rings. The number of aryl methyl sites for hydroxylation is 1. The Morgan fingerprint density at radius 2 is 1.91 bits per heavy atom. The van der Waals surface area contributed by atoms with Crippen LogP contribution in [0.5, 0.6) is 0 Å². The van der Waals surface area contributed by atoms with Crippen molar-refractivity contribution in [2.75, 3.05) is 19.3 Å². The van der Waals surface area contributed by atoms with E-state index in [1.807, 2.05) is 32.3 Å². The molecule has 1 aliphatic rings. The molecule has 0 saturated carbocycles. The van der Waals surface area contributed by atoms with Crippen LogP contribution in [0.3, 0.4) is 0 Å². The van der Waals surface area contributed by atoms with Crippen molar-refractivity contribution in [3.05, 3.63) is 29.0 Å². The van der Waals surface area contributed by atoms with Gasteiger partial charge in [0.05, 0.1) is 22.6 Å². The minimum absolute atomic E-state index is 0.352. The fraction of sp³-hybridized carbons (Fsp3) is 0.562. The minimum Gasteiger partial charge on any atom is -0.400 e. The van der Waals surface area contributed by atoms with Crippen molar-refractivity contribution in [3.8, 4) is 0 Å². The van der Waals surface area contributed by atoms with Crippen LogP contribution in [0.2, 0.25) is 0 Å². The molecule has 1 saturated heterocycles. The van der Waals surface area contributed by atoms with Crippen molar-refractivity contribution in [2.24, 2.45) is 0 Å². The number of aromatic nitrogens is 1. The van der Waals surface area contributed by atoms with Crippen LogP contribution < -0.4 is 11.1 Å². The van der Waals surface area contributed by atoms with Crippen molar-refractivity contribution in [2.45, 2.75) is 45.8 Å². The summed E-state index contributed by atoms with van der Waals surface area (Å²) < 4.78 is 12.2. The predicted octanol–water partition coefficient (Wildman–Crippen LogP) is 2.21. The van der Waals surface area contributed by atoms with Crippen molar-refractivity contribution < 1.29 is 9.31 Å². The van der Waals surface area contributed by atoms with Crippen molar-refractivity contribution in [1.29, 1.82) is 0 Å². The van der Waals surface area contributed by atoms with Crippen LogP contribution in [0, 0.1) is 6.92 Å². The largest absolute Gasteiger partial charge is 0.491 e. The van der Waals surface area contributed by atoms with E-state index < -0.39 is 0 Å². The van der Waals surface area contributed by atoms with E-state index in [0.29, 0.717) is 12.2 Å². The zero-order chi connectivity index (χ0) is 16.5. The summed E-state index contributed by atoms with van der Waals surface area (Å²) in [6, 6.07) is 1.92. The van der Waals surface area contributed by atoms with Crippen LogP contribution in [0.25, 0.3) is 6.08 Å². The maximum Gasteiger partial charge on any atom is 0.491 e. The molecule has 1 aliphatic heterocycles. The summed E-state index contributed by atoms with van der Waals surface area (Å²) in [5.41, 5.74) is 8.73. The summed E-state index contributed by atoms with van der Waals surface area (Å²) in [6.07, 6.45) is 3.84. The van der Waals surface area contributed by atoms with E-state index in [1.54, 1.807) is 0 Å². The summed E-state index contributed by atoms with van der Waals surface area (Å²) in [5, 5.41) is 3.17. The van der Waals surface area contributed by atoms with Crippen LogP contribution in [-0.4, -0.2) is 36.9 Å². The number of likely N-dealkylation sites (N-methyl/N-ethyl adjacent to an activating group) is 1. The summed E-state index contributed by atoms with van der Waals surface area (Å²) in [5.74, 6) is 0. The van der Waals surface area contributed by atoms with Gasteiger partial charge in [-0.05, 0) is 58.8 Å². The SMILES string of the molecule is CNCC(=Cc1cnc(C)c(N)c1)B1OC(C)(C)C(C)(C)O1. The standard InChI is InChI=1S/C16H26BN3O2/c1-11-14(18)8-12(9-20-11)7-13(10-19-6)17-21-15(2,3)16(4,5)22-17/h7-9,19H,10,18H2,1-6H3. The Morgan fingerprint density at radius 1 is 1.32 bits per heavy atom. The Bertz CT molecular complexity index is 569. The molecular formula is C16H26BN3O2. The lowest BCUT2D eigenvalue weighted by Crippen LogP contribution is -2.41. The highest BCUT2D eigenvalue weighted by atomic mass is 16.7. The molecule has 6 heteroatoms. The Hall–Kier alpha value is -1.37. The van der Waals surface area contributed by atoms with Gasteiger partial charge in [0.2, 0.25) is 0 Å². The van der Waals surface area contributed by atoms with Gasteiger partial charge in [-0.1, -0.05) is 6.08 Å². The number of hydrogen-bond acceptors (Lipinski definition) is 5. The molecule has 0 aromatic carbocycles. The molecule has 1 fully saturated rings. The molecule has 0 aliphatic carbocycles. The monoisotopic (exact) mass is 303 g/mol. The second-order valence-corrected chi connectivity index (χ2v) is 6.78. The van der Waals surface area contributed by atoms with Gasteiger partial charge in [0.1, 0.15) is 0 Å². The van der Waals surface area contributed by atoms with Crippen molar-refractivity contribution in [3.63, 3.8) is 0 Å². The van der Waals surface area contributed by atoms with Gasteiger partial charge < -0.3 is 20.4 Å². The lowest BCUT2D eigenvalue weighted by Gasteiger charge is -2.32. The van der Waals surface area contributed by atoms with Gasteiger partial charge in [0.15, 0.2) is 0 Å². The number of nitrogen functional groups attached to an aromatic ring is 1. The van der Waals surface area contributed by atoms with E-state index in [2.05, 4.69) is 38.0 Å². The highest BCUT2D eigenvalue weighted by Gasteiger charge is 2.52. The third-order valence-electron chi connectivity index (χ3n) is 4.44. The fourth-order valence-corrected chi connectivity index (χ4v) is 2.26. The molecule has 1 aromatic heterocycles. The van der Waals surface area contributed by atoms with Gasteiger partial charge >= 0.3 is 7.12 Å². The zero-order valence-electron chi connectivity index (χ0n) is 14.4. The second kappa shape index (κ2) is 6.03. The van der Waals surface area contributed by atoms with E-state index in [1.165, 1.54) is 0 Å². The predicted molar refractivity (Wildman–Crippen MR) is 91.4 cm³/mol. The number of anilines is 1. The highest BCUT2D eigenvalue weighted by Crippen LogP contribution is 2.38. The summed E-state index contributed by atoms with van der Waals surface area (Å²) in [7, 11) is 1.53. The first-order chi connectivity index (χ1) is 10.2. The first kappa shape index (κ1) is 17.0. The van der Waals surface area contributed by atoms with E-state index >= 15 is 0 Å². The number of rotatable bonds is 4. The highest BCUT2D eigenvalue weighted by molar-refractivity contribution is 6.55. The number of nitrogens with two attached hydrogens (primary N) is 1. The van der Waals surface area contributed by atoms with Crippen molar-refractivity contribution in [1.82, 2.24) is 10.3 Å².